The number of carbonyl (C=O) groups is 1. The summed E-state index contributed by atoms with van der Waals surface area (Å²) in [6, 6.07) is 4.36. The maximum absolute atomic E-state index is 12.3. The van der Waals surface area contributed by atoms with Crippen molar-refractivity contribution in [3.8, 4) is 0 Å². The van der Waals surface area contributed by atoms with Crippen LogP contribution in [0.2, 0.25) is 0 Å². The number of ether oxygens (including phenoxy) is 1. The number of anilines is 1. The molecule has 1 aliphatic rings. The second-order valence-electron chi connectivity index (χ2n) is 7.90. The van der Waals surface area contributed by atoms with Crippen LogP contribution in [0.25, 0.3) is 0 Å². The first-order valence-electron chi connectivity index (χ1n) is 8.64. The zero-order valence-electron chi connectivity index (χ0n) is 15.8. The third kappa shape index (κ3) is 4.63. The number of nitrogens with zero attached hydrogens (tertiary/aromatic N) is 2. The maximum atomic E-state index is 12.3. The van der Waals surface area contributed by atoms with Gasteiger partial charge in [0.15, 0.2) is 0 Å². The van der Waals surface area contributed by atoms with Crippen molar-refractivity contribution in [2.75, 3.05) is 25.4 Å². The van der Waals surface area contributed by atoms with E-state index in [1.807, 2.05) is 31.7 Å². The van der Waals surface area contributed by atoms with E-state index in [1.54, 1.807) is 0 Å². The largest absolute Gasteiger partial charge is 0.444 e. The number of hydrogen-bond acceptors (Lipinski definition) is 4. The van der Waals surface area contributed by atoms with Crippen molar-refractivity contribution in [1.29, 1.82) is 0 Å². The van der Waals surface area contributed by atoms with E-state index in [0.29, 0.717) is 6.54 Å². The molecule has 2 N–H and O–H groups in total. The highest BCUT2D eigenvalue weighted by atomic mass is 16.6. The molecule has 1 atom stereocenters. The molecule has 0 aliphatic carbocycles. The Kier molecular flexibility index (Phi) is 5.43. The minimum absolute atomic E-state index is 0.135. The van der Waals surface area contributed by atoms with Crippen LogP contribution in [0.1, 0.15) is 44.4 Å². The van der Waals surface area contributed by atoms with Crippen LogP contribution in [0.5, 0.6) is 0 Å². The molecule has 0 aromatic heterocycles. The third-order valence-corrected chi connectivity index (χ3v) is 4.43. The summed E-state index contributed by atoms with van der Waals surface area (Å²) in [6.45, 7) is 15.2. The lowest BCUT2D eigenvalue weighted by Gasteiger charge is -2.40. The predicted molar refractivity (Wildman–Crippen MR) is 98.0 cm³/mol. The zero-order chi connectivity index (χ0) is 18.1. The Balaban J connectivity index is 2.00. The van der Waals surface area contributed by atoms with Gasteiger partial charge in [0.2, 0.25) is 0 Å². The molecule has 1 aromatic rings. The molecular weight excluding hydrogens is 302 g/mol. The lowest BCUT2D eigenvalue weighted by atomic mass is 10.0. The van der Waals surface area contributed by atoms with Crippen LogP contribution in [-0.2, 0) is 11.3 Å². The van der Waals surface area contributed by atoms with Crippen LogP contribution in [-0.4, -0.2) is 47.2 Å². The van der Waals surface area contributed by atoms with Crippen LogP contribution in [0, 0.1) is 13.8 Å². The summed E-state index contributed by atoms with van der Waals surface area (Å²) in [4.78, 5) is 16.5. The minimum atomic E-state index is -0.454. The minimum Gasteiger partial charge on any atom is -0.444 e. The summed E-state index contributed by atoms with van der Waals surface area (Å²) in [5.41, 5.74) is 10.1. The highest BCUT2D eigenvalue weighted by molar-refractivity contribution is 5.68. The molecule has 1 heterocycles. The fourth-order valence-corrected chi connectivity index (χ4v) is 3.14. The summed E-state index contributed by atoms with van der Waals surface area (Å²) < 4.78 is 5.50. The number of rotatable bonds is 2. The van der Waals surface area contributed by atoms with E-state index in [2.05, 4.69) is 31.7 Å². The van der Waals surface area contributed by atoms with Crippen LogP contribution in [0.4, 0.5) is 10.5 Å². The van der Waals surface area contributed by atoms with Crippen LogP contribution in [0.15, 0.2) is 12.1 Å². The molecule has 0 saturated carbocycles. The molecule has 1 saturated heterocycles. The number of hydrogen-bond donors (Lipinski definition) is 1. The molecule has 1 fully saturated rings. The van der Waals surface area contributed by atoms with Gasteiger partial charge < -0.3 is 15.4 Å². The predicted octanol–water partition coefficient (Wildman–Crippen LogP) is 3.33. The summed E-state index contributed by atoms with van der Waals surface area (Å²) in [5, 5.41) is 0. The first-order valence-corrected chi connectivity index (χ1v) is 8.64. The number of nitrogens with two attached hydrogens (primary N) is 1. The molecule has 0 spiro atoms. The van der Waals surface area contributed by atoms with E-state index in [4.69, 9.17) is 10.5 Å². The molecule has 1 aliphatic heterocycles. The van der Waals surface area contributed by atoms with Crippen molar-refractivity contribution in [3.05, 3.63) is 28.8 Å². The number of benzene rings is 1. The number of nitrogen functional groups attached to an aromatic ring is 1. The van der Waals surface area contributed by atoms with Crippen molar-refractivity contribution in [3.63, 3.8) is 0 Å². The van der Waals surface area contributed by atoms with Gasteiger partial charge in [-0.1, -0.05) is 6.07 Å². The molecule has 5 nitrogen and oxygen atoms in total. The van der Waals surface area contributed by atoms with Gasteiger partial charge in [0.1, 0.15) is 5.60 Å². The van der Waals surface area contributed by atoms with Gasteiger partial charge in [-0.25, -0.2) is 4.79 Å². The van der Waals surface area contributed by atoms with E-state index in [9.17, 15) is 4.79 Å². The fourth-order valence-electron chi connectivity index (χ4n) is 3.14. The van der Waals surface area contributed by atoms with Gasteiger partial charge in [0.05, 0.1) is 0 Å². The Hall–Kier alpha value is -1.75. The zero-order valence-corrected chi connectivity index (χ0v) is 15.8. The van der Waals surface area contributed by atoms with E-state index in [1.165, 1.54) is 11.1 Å². The van der Waals surface area contributed by atoms with Gasteiger partial charge in [-0.3, -0.25) is 4.90 Å². The maximum Gasteiger partial charge on any atom is 0.410 e. The summed E-state index contributed by atoms with van der Waals surface area (Å²) in [6.07, 6.45) is -0.217. The van der Waals surface area contributed by atoms with Crippen molar-refractivity contribution >= 4 is 11.8 Å². The monoisotopic (exact) mass is 333 g/mol. The van der Waals surface area contributed by atoms with Gasteiger partial charge in [-0.05, 0) is 64.3 Å². The second kappa shape index (κ2) is 7.01. The van der Waals surface area contributed by atoms with Crippen LogP contribution >= 0.6 is 0 Å². The Morgan fingerprint density at radius 2 is 1.96 bits per heavy atom. The molecule has 0 radical (unpaired) electrons. The highest BCUT2D eigenvalue weighted by Gasteiger charge is 2.30. The molecule has 24 heavy (non-hydrogen) atoms. The molecule has 1 aromatic carbocycles. The number of aryl methyl sites for hydroxylation is 1. The van der Waals surface area contributed by atoms with Gasteiger partial charge in [-0.15, -0.1) is 0 Å². The molecule has 134 valence electrons. The average molecular weight is 333 g/mol. The Morgan fingerprint density at radius 3 is 2.54 bits per heavy atom. The number of amides is 1. The smallest absolute Gasteiger partial charge is 0.410 e. The first-order chi connectivity index (χ1) is 11.1. The fraction of sp³-hybridized carbons (Fsp3) is 0.632. The molecule has 0 bridgehead atoms. The standard InChI is InChI=1S/C19H31N3O2/c1-13-9-16(15(3)17(20)10-13)12-21-7-8-22(14(2)11-21)18(23)24-19(4,5)6/h9-10,14H,7-8,11-12,20H2,1-6H3/t14-/m1/s1. The SMILES string of the molecule is Cc1cc(N)c(C)c(CN2CCN(C(=O)OC(C)(C)C)[C@H](C)C2)c1. The summed E-state index contributed by atoms with van der Waals surface area (Å²) in [5.74, 6) is 0. The van der Waals surface area contributed by atoms with Gasteiger partial charge in [-0.2, -0.15) is 0 Å². The first kappa shape index (κ1) is 18.6. The van der Waals surface area contributed by atoms with Crippen LogP contribution < -0.4 is 5.73 Å². The molecular formula is C19H31N3O2. The lowest BCUT2D eigenvalue weighted by molar-refractivity contribution is 0.000542. The third-order valence-electron chi connectivity index (χ3n) is 4.43. The van der Waals surface area contributed by atoms with Gasteiger partial charge in [0, 0.05) is 37.9 Å². The van der Waals surface area contributed by atoms with Crippen molar-refractivity contribution in [2.24, 2.45) is 0 Å². The van der Waals surface area contributed by atoms with Crippen molar-refractivity contribution in [2.45, 2.75) is 59.7 Å². The highest BCUT2D eigenvalue weighted by Crippen LogP contribution is 2.22. The van der Waals surface area contributed by atoms with E-state index in [-0.39, 0.29) is 12.1 Å². The normalized spacial score (nSPS) is 19.4. The van der Waals surface area contributed by atoms with Gasteiger partial charge in [0.25, 0.3) is 0 Å². The quantitative estimate of drug-likeness (QED) is 0.844. The average Bonchev–Trinajstić information content (AvgIpc) is 2.42. The van der Waals surface area contributed by atoms with E-state index >= 15 is 0 Å². The molecule has 1 amide bonds. The van der Waals surface area contributed by atoms with Crippen molar-refractivity contribution < 1.29 is 9.53 Å². The number of carbonyl (C=O) groups excluding carboxylic acids is 1. The van der Waals surface area contributed by atoms with Gasteiger partial charge >= 0.3 is 6.09 Å². The topological polar surface area (TPSA) is 58.8 Å². The van der Waals surface area contributed by atoms with E-state index in [0.717, 1.165) is 30.9 Å². The lowest BCUT2D eigenvalue weighted by Crippen LogP contribution is -2.54. The number of piperazine rings is 1. The Bertz CT molecular complexity index is 607. The molecule has 2 rings (SSSR count). The van der Waals surface area contributed by atoms with Crippen molar-refractivity contribution in [1.82, 2.24) is 9.80 Å². The van der Waals surface area contributed by atoms with E-state index < -0.39 is 5.60 Å². The summed E-state index contributed by atoms with van der Waals surface area (Å²) >= 11 is 0. The Labute approximate surface area is 145 Å². The summed E-state index contributed by atoms with van der Waals surface area (Å²) in [7, 11) is 0. The Morgan fingerprint density at radius 1 is 1.29 bits per heavy atom. The molecule has 0 unspecified atom stereocenters. The molecule has 5 heteroatoms. The second-order valence-corrected chi connectivity index (χ2v) is 7.90. The van der Waals surface area contributed by atoms with Crippen LogP contribution in [0.3, 0.4) is 0 Å².